The number of hydrogen-bond donors (Lipinski definition) is 4. The fourth-order valence-electron chi connectivity index (χ4n) is 6.22. The van der Waals surface area contributed by atoms with Crippen LogP contribution in [0.15, 0.2) is 132 Å². The van der Waals surface area contributed by atoms with Crippen LogP contribution in [0.5, 0.6) is 5.75 Å². The number of aryl methyl sites for hydroxylation is 1. The van der Waals surface area contributed by atoms with Crippen molar-refractivity contribution in [3.63, 3.8) is 0 Å². The first-order valence-corrected chi connectivity index (χ1v) is 17.9. The van der Waals surface area contributed by atoms with Gasteiger partial charge in [0, 0.05) is 34.0 Å². The molecule has 0 saturated carbocycles. The van der Waals surface area contributed by atoms with E-state index < -0.39 is 24.6 Å². The van der Waals surface area contributed by atoms with Crippen LogP contribution >= 0.6 is 7.26 Å². The predicted molar refractivity (Wildman–Crippen MR) is 200 cm³/mol. The lowest BCUT2D eigenvalue weighted by Gasteiger charge is -2.27. The summed E-state index contributed by atoms with van der Waals surface area (Å²) in [4.78, 5) is 55.6. The van der Waals surface area contributed by atoms with Gasteiger partial charge >= 0.3 is 5.97 Å². The van der Waals surface area contributed by atoms with Gasteiger partial charge in [-0.15, -0.1) is 0 Å². The summed E-state index contributed by atoms with van der Waals surface area (Å²) in [5.41, 5.74) is 0.741. The number of fused-ring (bicyclic) bond motifs is 1. The monoisotopic (exact) mass is 684 g/mol. The summed E-state index contributed by atoms with van der Waals surface area (Å²) < 4.78 is 4.64. The van der Waals surface area contributed by atoms with Crippen molar-refractivity contribution in [1.29, 1.82) is 0 Å². The SMILES string of the molecule is COC(=O)c1ccc(NC(=O)c2c(C)[nH]c3ccc(NC(=O)CC[P+](c4ccccc4)(c4ccccc4)c4ccccc4)cc3c2=O)cc1O. The molecule has 9 nitrogen and oxygen atoms in total. The molecule has 0 aliphatic carbocycles. The number of esters is 1. The zero-order valence-electron chi connectivity index (χ0n) is 27.5. The molecule has 0 bridgehead atoms. The molecule has 6 aromatic rings. The molecule has 0 saturated heterocycles. The largest absolute Gasteiger partial charge is 0.507 e. The van der Waals surface area contributed by atoms with Crippen molar-refractivity contribution >= 4 is 63.2 Å². The molecule has 5 aromatic carbocycles. The molecule has 0 spiro atoms. The van der Waals surface area contributed by atoms with E-state index in [-0.39, 0.29) is 40.3 Å². The van der Waals surface area contributed by atoms with E-state index in [1.54, 1.807) is 25.1 Å². The Balaban J connectivity index is 1.26. The van der Waals surface area contributed by atoms with Gasteiger partial charge in [0.2, 0.25) is 11.3 Å². The minimum absolute atomic E-state index is 0.0624. The molecular weight excluding hydrogens is 649 g/mol. The van der Waals surface area contributed by atoms with Gasteiger partial charge in [0.05, 0.1) is 19.7 Å². The Kier molecular flexibility index (Phi) is 9.88. The van der Waals surface area contributed by atoms with E-state index in [2.05, 4.69) is 56.8 Å². The van der Waals surface area contributed by atoms with Crippen LogP contribution in [-0.2, 0) is 9.53 Å². The molecule has 0 fully saturated rings. The smallest absolute Gasteiger partial charge is 0.341 e. The molecule has 6 rings (SSSR count). The van der Waals surface area contributed by atoms with Gasteiger partial charge in [0.25, 0.3) is 5.91 Å². The highest BCUT2D eigenvalue weighted by molar-refractivity contribution is 7.95. The van der Waals surface area contributed by atoms with Crippen LogP contribution in [-0.4, -0.2) is 41.1 Å². The first kappa shape index (κ1) is 33.8. The van der Waals surface area contributed by atoms with Crippen molar-refractivity contribution in [2.24, 2.45) is 0 Å². The van der Waals surface area contributed by atoms with Crippen LogP contribution in [0.1, 0.15) is 32.8 Å². The number of nitrogens with one attached hydrogen (secondary N) is 3. The fourth-order valence-corrected chi connectivity index (χ4v) is 10.5. The van der Waals surface area contributed by atoms with Crippen LogP contribution < -0.4 is 32.0 Å². The second-order valence-corrected chi connectivity index (χ2v) is 15.3. The Morgan fingerprint density at radius 2 is 1.28 bits per heavy atom. The van der Waals surface area contributed by atoms with Crippen molar-refractivity contribution in [3.05, 3.63) is 154 Å². The number of carbonyl (C=O) groups is 3. The van der Waals surface area contributed by atoms with Crippen molar-refractivity contribution in [1.82, 2.24) is 4.98 Å². The Morgan fingerprint density at radius 3 is 1.82 bits per heavy atom. The first-order chi connectivity index (χ1) is 24.2. The topological polar surface area (TPSA) is 138 Å². The highest BCUT2D eigenvalue weighted by Gasteiger charge is 2.45. The fraction of sp³-hybridized carbons (Fsp3) is 0.100. The molecule has 1 heterocycles. The average molecular weight is 685 g/mol. The number of aromatic hydroxyl groups is 1. The van der Waals surface area contributed by atoms with E-state index in [9.17, 15) is 24.3 Å². The lowest BCUT2D eigenvalue weighted by molar-refractivity contribution is -0.115. The van der Waals surface area contributed by atoms with Crippen LogP contribution in [0.3, 0.4) is 0 Å². The third-order valence-corrected chi connectivity index (χ3v) is 13.1. The minimum atomic E-state index is -2.22. The molecule has 4 N–H and O–H groups in total. The summed E-state index contributed by atoms with van der Waals surface area (Å²) in [6.07, 6.45) is 0.814. The molecule has 0 aliphatic heterocycles. The molecule has 1 aromatic heterocycles. The number of aromatic nitrogens is 1. The maximum Gasteiger partial charge on any atom is 0.341 e. The quantitative estimate of drug-likeness (QED) is 0.105. The number of methoxy groups -OCH3 is 1. The summed E-state index contributed by atoms with van der Waals surface area (Å²) in [5, 5.41) is 19.6. The summed E-state index contributed by atoms with van der Waals surface area (Å²) in [6.45, 7) is 1.62. The summed E-state index contributed by atoms with van der Waals surface area (Å²) in [6, 6.07) is 39.9. The standard InChI is InChI=1S/C40H34N3O6P/c1-26-37(39(47)43-28-18-20-32(35(44)25-28)40(48)49-2)38(46)33-24-27(19-21-34(33)41-26)42-36(45)22-23-50(29-12-6-3-7-13-29,30-14-8-4-9-15-30)31-16-10-5-11-17-31/h3-21,24-25H,22-23H2,1-2H3,(H3-,41,42,43,44,45,46,47,48)/p+1. The Morgan fingerprint density at radius 1 is 0.740 bits per heavy atom. The number of ether oxygens (including phenoxy) is 1. The normalized spacial score (nSPS) is 11.2. The number of carbonyl (C=O) groups excluding carboxylic acids is 3. The van der Waals surface area contributed by atoms with Crippen LogP contribution in [0.4, 0.5) is 11.4 Å². The molecule has 250 valence electrons. The van der Waals surface area contributed by atoms with Gasteiger partial charge in [-0.25, -0.2) is 4.79 Å². The Hall–Kier alpha value is -6.05. The van der Waals surface area contributed by atoms with E-state index in [1.807, 2.05) is 54.6 Å². The third kappa shape index (κ3) is 6.77. The zero-order valence-corrected chi connectivity index (χ0v) is 28.4. The number of aromatic amines is 1. The molecule has 0 atom stereocenters. The second-order valence-electron chi connectivity index (χ2n) is 11.7. The maximum atomic E-state index is 13.7. The molecule has 0 unspecified atom stereocenters. The number of anilines is 2. The summed E-state index contributed by atoms with van der Waals surface area (Å²) >= 11 is 0. The molecule has 10 heteroatoms. The highest BCUT2D eigenvalue weighted by atomic mass is 31.2. The van der Waals surface area contributed by atoms with E-state index in [0.717, 1.165) is 0 Å². The van der Waals surface area contributed by atoms with E-state index >= 15 is 0 Å². The van der Waals surface area contributed by atoms with Gasteiger partial charge in [-0.05, 0) is 73.7 Å². The second kappa shape index (κ2) is 14.6. The zero-order chi connectivity index (χ0) is 35.3. The predicted octanol–water partition coefficient (Wildman–Crippen LogP) is 5.90. The molecule has 50 heavy (non-hydrogen) atoms. The lowest BCUT2D eigenvalue weighted by atomic mass is 10.1. The number of H-pyrrole nitrogens is 1. The number of phenols is 1. The number of hydrogen-bond acceptors (Lipinski definition) is 6. The highest BCUT2D eigenvalue weighted by Crippen LogP contribution is 2.55. The number of phenolic OH excluding ortho intramolecular Hbond substituents is 1. The average Bonchev–Trinajstić information content (AvgIpc) is 3.13. The molecule has 0 radical (unpaired) electrons. The van der Waals surface area contributed by atoms with Crippen molar-refractivity contribution < 1.29 is 24.2 Å². The summed E-state index contributed by atoms with van der Waals surface area (Å²) in [5.74, 6) is -2.01. The van der Waals surface area contributed by atoms with Crippen molar-refractivity contribution in [2.45, 2.75) is 13.3 Å². The third-order valence-electron chi connectivity index (χ3n) is 8.63. The first-order valence-electron chi connectivity index (χ1n) is 16.0. The number of pyridine rings is 1. The Bertz CT molecular complexity index is 2160. The van der Waals surface area contributed by atoms with E-state index in [4.69, 9.17) is 0 Å². The molecule has 2 amide bonds. The van der Waals surface area contributed by atoms with Gasteiger partial charge in [-0.2, -0.15) is 0 Å². The molecular formula is C40H35N3O6P+. The molecule has 0 aliphatic rings. The van der Waals surface area contributed by atoms with E-state index in [1.165, 1.54) is 41.2 Å². The van der Waals surface area contributed by atoms with Crippen LogP contribution in [0.25, 0.3) is 10.9 Å². The van der Waals surface area contributed by atoms with Crippen molar-refractivity contribution in [3.8, 4) is 5.75 Å². The van der Waals surface area contributed by atoms with Gasteiger partial charge in [-0.3, -0.25) is 14.4 Å². The van der Waals surface area contributed by atoms with E-state index in [0.29, 0.717) is 23.1 Å². The van der Waals surface area contributed by atoms with Gasteiger partial charge in [0.15, 0.2) is 0 Å². The lowest BCUT2D eigenvalue weighted by Crippen LogP contribution is -2.34. The number of benzene rings is 5. The van der Waals surface area contributed by atoms with Gasteiger partial charge in [0.1, 0.15) is 40.1 Å². The van der Waals surface area contributed by atoms with Gasteiger partial charge < -0.3 is 25.5 Å². The number of rotatable bonds is 10. The Labute approximate surface area is 289 Å². The van der Waals surface area contributed by atoms with Gasteiger partial charge in [-0.1, -0.05) is 54.6 Å². The maximum absolute atomic E-state index is 13.7. The van der Waals surface area contributed by atoms with Crippen LogP contribution in [0, 0.1) is 6.92 Å². The van der Waals surface area contributed by atoms with Crippen LogP contribution in [0.2, 0.25) is 0 Å². The van der Waals surface area contributed by atoms with Crippen molar-refractivity contribution in [2.75, 3.05) is 23.9 Å². The summed E-state index contributed by atoms with van der Waals surface area (Å²) in [7, 11) is -1.03. The number of amides is 2. The minimum Gasteiger partial charge on any atom is -0.507 e.